The molecule has 0 radical (unpaired) electrons. The van der Waals surface area contributed by atoms with E-state index >= 15 is 0 Å². The normalized spacial score (nSPS) is 23.7. The summed E-state index contributed by atoms with van der Waals surface area (Å²) >= 11 is 1.91. The third-order valence-corrected chi connectivity index (χ3v) is 4.75. The smallest absolute Gasteiger partial charge is 0.0443 e. The van der Waals surface area contributed by atoms with Crippen molar-refractivity contribution in [2.24, 2.45) is 11.8 Å². The molecule has 15 heavy (non-hydrogen) atoms. The van der Waals surface area contributed by atoms with Crippen molar-refractivity contribution >= 4 is 11.3 Å². The minimum Gasteiger partial charge on any atom is -0.309 e. The topological polar surface area (TPSA) is 12.0 Å². The lowest BCUT2D eigenvalue weighted by Crippen LogP contribution is -2.31. The molecule has 0 bridgehead atoms. The number of thiophene rings is 1. The maximum atomic E-state index is 3.80. The fraction of sp³-hybridized carbons (Fsp3) is 0.692. The molecular formula is C13H19NS. The molecule has 1 aromatic heterocycles. The zero-order valence-corrected chi connectivity index (χ0v) is 9.93. The van der Waals surface area contributed by atoms with E-state index in [0.29, 0.717) is 6.04 Å². The van der Waals surface area contributed by atoms with Crippen LogP contribution in [0.15, 0.2) is 17.5 Å². The number of hydrogen-bond acceptors (Lipinski definition) is 2. The van der Waals surface area contributed by atoms with E-state index in [4.69, 9.17) is 0 Å². The Morgan fingerprint density at radius 2 is 2.20 bits per heavy atom. The number of nitrogens with one attached hydrogen (secondary N) is 1. The van der Waals surface area contributed by atoms with Gasteiger partial charge in [-0.15, -0.1) is 11.3 Å². The van der Waals surface area contributed by atoms with Crippen LogP contribution in [0.25, 0.3) is 0 Å². The van der Waals surface area contributed by atoms with E-state index < -0.39 is 0 Å². The van der Waals surface area contributed by atoms with Crippen molar-refractivity contribution in [3.8, 4) is 0 Å². The molecule has 1 unspecified atom stereocenters. The summed E-state index contributed by atoms with van der Waals surface area (Å²) in [5, 5.41) is 6.00. The summed E-state index contributed by atoms with van der Waals surface area (Å²) < 4.78 is 0. The number of rotatable bonds is 5. The second-order valence-electron chi connectivity index (χ2n) is 5.04. The predicted octanol–water partition coefficient (Wildman–Crippen LogP) is 3.59. The Hall–Kier alpha value is -0.340. The van der Waals surface area contributed by atoms with Gasteiger partial charge in [0.25, 0.3) is 0 Å². The van der Waals surface area contributed by atoms with Crippen LogP contribution in [-0.2, 0) is 0 Å². The van der Waals surface area contributed by atoms with Crippen LogP contribution in [0.1, 0.15) is 43.0 Å². The van der Waals surface area contributed by atoms with Crippen LogP contribution < -0.4 is 5.32 Å². The van der Waals surface area contributed by atoms with Crippen LogP contribution in [0.3, 0.4) is 0 Å². The van der Waals surface area contributed by atoms with Crippen LogP contribution in [0.2, 0.25) is 0 Å². The van der Waals surface area contributed by atoms with Gasteiger partial charge in [-0.05, 0) is 55.5 Å². The van der Waals surface area contributed by atoms with Gasteiger partial charge in [0.15, 0.2) is 0 Å². The monoisotopic (exact) mass is 221 g/mol. The van der Waals surface area contributed by atoms with E-state index in [-0.39, 0.29) is 0 Å². The van der Waals surface area contributed by atoms with E-state index in [0.717, 1.165) is 11.8 Å². The van der Waals surface area contributed by atoms with Crippen LogP contribution >= 0.6 is 11.3 Å². The fourth-order valence-corrected chi connectivity index (χ4v) is 3.28. The average molecular weight is 221 g/mol. The lowest BCUT2D eigenvalue weighted by atomic mass is 9.85. The first kappa shape index (κ1) is 9.86. The van der Waals surface area contributed by atoms with Crippen molar-refractivity contribution < 1.29 is 0 Å². The average Bonchev–Trinajstić information content (AvgIpc) is 2.85. The molecular weight excluding hydrogens is 202 g/mol. The molecule has 1 nitrogen and oxygen atoms in total. The Morgan fingerprint density at radius 1 is 1.33 bits per heavy atom. The first-order valence-electron chi connectivity index (χ1n) is 6.20. The molecule has 2 aliphatic rings. The highest BCUT2D eigenvalue weighted by Crippen LogP contribution is 2.42. The van der Waals surface area contributed by atoms with Crippen LogP contribution in [0, 0.1) is 11.8 Å². The Morgan fingerprint density at radius 3 is 2.73 bits per heavy atom. The Kier molecular flexibility index (Phi) is 2.80. The molecule has 82 valence electrons. The molecule has 1 atom stereocenters. The van der Waals surface area contributed by atoms with Gasteiger partial charge in [0.2, 0.25) is 0 Å². The van der Waals surface area contributed by atoms with Gasteiger partial charge in [-0.1, -0.05) is 12.5 Å². The van der Waals surface area contributed by atoms with Gasteiger partial charge in [0.1, 0.15) is 0 Å². The molecule has 3 rings (SSSR count). The molecule has 2 aliphatic carbocycles. The molecule has 1 N–H and O–H groups in total. The summed E-state index contributed by atoms with van der Waals surface area (Å²) in [5.74, 6) is 1.91. The molecule has 2 saturated carbocycles. The van der Waals surface area contributed by atoms with E-state index in [1.165, 1.54) is 38.6 Å². The maximum Gasteiger partial charge on any atom is 0.0443 e. The van der Waals surface area contributed by atoms with E-state index in [9.17, 15) is 0 Å². The predicted molar refractivity (Wildman–Crippen MR) is 65.1 cm³/mol. The van der Waals surface area contributed by atoms with E-state index in [1.54, 1.807) is 4.88 Å². The first-order chi connectivity index (χ1) is 7.43. The molecule has 0 aliphatic heterocycles. The highest BCUT2D eigenvalue weighted by Gasteiger charge is 2.33. The minimum absolute atomic E-state index is 0.672. The minimum atomic E-state index is 0.672. The molecule has 0 aromatic carbocycles. The molecule has 0 amide bonds. The number of hydrogen-bond donors (Lipinski definition) is 1. The van der Waals surface area contributed by atoms with Crippen molar-refractivity contribution in [2.75, 3.05) is 6.54 Å². The van der Waals surface area contributed by atoms with Gasteiger partial charge < -0.3 is 5.32 Å². The summed E-state index contributed by atoms with van der Waals surface area (Å²) in [6, 6.07) is 5.15. The maximum absolute atomic E-state index is 3.80. The largest absolute Gasteiger partial charge is 0.309 e. The summed E-state index contributed by atoms with van der Waals surface area (Å²) in [5.41, 5.74) is 0. The van der Waals surface area contributed by atoms with Gasteiger partial charge in [-0.25, -0.2) is 0 Å². The van der Waals surface area contributed by atoms with Crippen LogP contribution in [0.5, 0.6) is 0 Å². The van der Waals surface area contributed by atoms with Crippen LogP contribution in [0.4, 0.5) is 0 Å². The van der Waals surface area contributed by atoms with Gasteiger partial charge in [0.05, 0.1) is 0 Å². The zero-order chi connectivity index (χ0) is 10.1. The third-order valence-electron chi connectivity index (χ3n) is 3.79. The molecule has 2 heteroatoms. The molecule has 1 aromatic rings. The highest BCUT2D eigenvalue weighted by atomic mass is 32.1. The van der Waals surface area contributed by atoms with Gasteiger partial charge >= 0.3 is 0 Å². The fourth-order valence-electron chi connectivity index (χ4n) is 2.39. The van der Waals surface area contributed by atoms with Gasteiger partial charge in [0, 0.05) is 10.9 Å². The van der Waals surface area contributed by atoms with Crippen molar-refractivity contribution in [2.45, 2.75) is 38.1 Å². The van der Waals surface area contributed by atoms with Crippen molar-refractivity contribution in [1.29, 1.82) is 0 Å². The lowest BCUT2D eigenvalue weighted by molar-refractivity contribution is 0.284. The van der Waals surface area contributed by atoms with Gasteiger partial charge in [-0.3, -0.25) is 0 Å². The second kappa shape index (κ2) is 4.26. The molecule has 0 saturated heterocycles. The second-order valence-corrected chi connectivity index (χ2v) is 6.01. The van der Waals surface area contributed by atoms with Crippen molar-refractivity contribution in [3.63, 3.8) is 0 Å². The van der Waals surface area contributed by atoms with Gasteiger partial charge in [-0.2, -0.15) is 0 Å². The first-order valence-corrected chi connectivity index (χ1v) is 7.08. The van der Waals surface area contributed by atoms with E-state index in [2.05, 4.69) is 22.8 Å². The quantitative estimate of drug-likeness (QED) is 0.801. The molecule has 1 heterocycles. The standard InChI is InChI=1S/C13H19NS/c1-3-10(4-1)9-14-13(11-6-7-11)12-5-2-8-15-12/h2,5,8,10-11,13-14H,1,3-4,6-7,9H2. The summed E-state index contributed by atoms with van der Waals surface area (Å²) in [7, 11) is 0. The van der Waals surface area contributed by atoms with E-state index in [1.807, 2.05) is 11.3 Å². The summed E-state index contributed by atoms with van der Waals surface area (Å²) in [6.45, 7) is 1.25. The summed E-state index contributed by atoms with van der Waals surface area (Å²) in [4.78, 5) is 1.55. The Bertz CT molecular complexity index is 298. The van der Waals surface area contributed by atoms with Crippen molar-refractivity contribution in [1.82, 2.24) is 5.32 Å². The summed E-state index contributed by atoms with van der Waals surface area (Å²) in [6.07, 6.45) is 7.23. The van der Waals surface area contributed by atoms with Crippen LogP contribution in [-0.4, -0.2) is 6.54 Å². The molecule has 2 fully saturated rings. The third kappa shape index (κ3) is 2.26. The Balaban J connectivity index is 1.58. The SMILES string of the molecule is c1csc(C(NCC2CCC2)C2CC2)c1. The molecule has 0 spiro atoms. The Labute approximate surface area is 95.9 Å². The zero-order valence-electron chi connectivity index (χ0n) is 9.11. The lowest BCUT2D eigenvalue weighted by Gasteiger charge is -2.28. The highest BCUT2D eigenvalue weighted by molar-refractivity contribution is 7.10. The van der Waals surface area contributed by atoms with Crippen molar-refractivity contribution in [3.05, 3.63) is 22.4 Å².